The molecule has 1 aliphatic heterocycles. The van der Waals surface area contributed by atoms with Crippen molar-refractivity contribution < 1.29 is 4.79 Å². The van der Waals surface area contributed by atoms with Crippen LogP contribution < -0.4 is 16.0 Å². The normalized spacial score (nSPS) is 26.1. The van der Waals surface area contributed by atoms with Crippen LogP contribution in [-0.4, -0.2) is 37.5 Å². The summed E-state index contributed by atoms with van der Waals surface area (Å²) in [6.07, 6.45) is 1.87. The molecule has 3 N–H and O–H groups in total. The number of hydrogen-bond acceptors (Lipinski definition) is 3. The molecular formula is C15H20ClN3O. The largest absolute Gasteiger partial charge is 0.369 e. The molecule has 0 radical (unpaired) electrons. The minimum absolute atomic E-state index is 0.239. The average molecular weight is 294 g/mol. The zero-order valence-corrected chi connectivity index (χ0v) is 12.2. The van der Waals surface area contributed by atoms with E-state index < -0.39 is 0 Å². The number of carbonyl (C=O) groups excluding carboxylic acids is 1. The van der Waals surface area contributed by atoms with Gasteiger partial charge in [-0.2, -0.15) is 0 Å². The van der Waals surface area contributed by atoms with Crippen LogP contribution in [0.1, 0.15) is 34.7 Å². The molecule has 1 aromatic rings. The molecule has 1 aromatic carbocycles. The number of anilines is 1. The van der Waals surface area contributed by atoms with Gasteiger partial charge in [0.2, 0.25) is 5.91 Å². The van der Waals surface area contributed by atoms with Crippen LogP contribution in [0.2, 0.25) is 0 Å². The molecule has 3 rings (SSSR count). The third kappa shape index (κ3) is 2.63. The number of hydrogen-bond donors (Lipinski definition) is 2. The SMILES string of the molecule is NC(=O)c1ccc(N2CCNCC2)cc1C1CC(Cl)C1. The quantitative estimate of drug-likeness (QED) is 0.834. The van der Waals surface area contributed by atoms with E-state index in [1.165, 1.54) is 5.69 Å². The van der Waals surface area contributed by atoms with Crippen LogP contribution in [0, 0.1) is 0 Å². The minimum Gasteiger partial charge on any atom is -0.369 e. The summed E-state index contributed by atoms with van der Waals surface area (Å²) in [6.45, 7) is 4.00. The molecular weight excluding hydrogens is 274 g/mol. The van der Waals surface area contributed by atoms with E-state index in [0.717, 1.165) is 44.6 Å². The van der Waals surface area contributed by atoms with Crippen LogP contribution in [0.25, 0.3) is 0 Å². The smallest absolute Gasteiger partial charge is 0.248 e. The van der Waals surface area contributed by atoms with Crippen molar-refractivity contribution in [1.82, 2.24) is 5.32 Å². The van der Waals surface area contributed by atoms with Crippen molar-refractivity contribution in [2.75, 3.05) is 31.1 Å². The van der Waals surface area contributed by atoms with Gasteiger partial charge >= 0.3 is 0 Å². The van der Waals surface area contributed by atoms with E-state index in [4.69, 9.17) is 17.3 Å². The Kier molecular flexibility index (Phi) is 3.85. The molecule has 1 amide bonds. The van der Waals surface area contributed by atoms with Crippen molar-refractivity contribution in [2.24, 2.45) is 5.73 Å². The standard InChI is InChI=1S/C15H20ClN3O/c16-11-7-10(8-11)14-9-12(1-2-13(14)15(17)20)19-5-3-18-4-6-19/h1-2,9-11,18H,3-8H2,(H2,17,20). The van der Waals surface area contributed by atoms with Crippen molar-refractivity contribution >= 4 is 23.2 Å². The summed E-state index contributed by atoms with van der Waals surface area (Å²) in [7, 11) is 0. The summed E-state index contributed by atoms with van der Waals surface area (Å²) >= 11 is 6.08. The third-order valence-corrected chi connectivity index (χ3v) is 4.66. The molecule has 2 fully saturated rings. The maximum absolute atomic E-state index is 11.6. The van der Waals surface area contributed by atoms with E-state index in [0.29, 0.717) is 11.5 Å². The lowest BCUT2D eigenvalue weighted by molar-refractivity contribution is 0.0998. The van der Waals surface area contributed by atoms with Gasteiger partial charge in [0.1, 0.15) is 0 Å². The summed E-state index contributed by atoms with van der Waals surface area (Å²) in [5.41, 5.74) is 8.41. The van der Waals surface area contributed by atoms with Crippen molar-refractivity contribution in [3.63, 3.8) is 0 Å². The highest BCUT2D eigenvalue weighted by atomic mass is 35.5. The van der Waals surface area contributed by atoms with Gasteiger partial charge in [-0.15, -0.1) is 11.6 Å². The number of carbonyl (C=O) groups is 1. The monoisotopic (exact) mass is 293 g/mol. The number of piperazine rings is 1. The Morgan fingerprint density at radius 3 is 2.60 bits per heavy atom. The summed E-state index contributed by atoms with van der Waals surface area (Å²) in [5, 5.41) is 3.59. The van der Waals surface area contributed by atoms with Crippen molar-refractivity contribution in [1.29, 1.82) is 0 Å². The van der Waals surface area contributed by atoms with Gasteiger partial charge in [0, 0.05) is 42.8 Å². The molecule has 1 aliphatic carbocycles. The highest BCUT2D eigenvalue weighted by Crippen LogP contribution is 2.42. The zero-order valence-electron chi connectivity index (χ0n) is 11.4. The number of rotatable bonds is 3. The van der Waals surface area contributed by atoms with Gasteiger partial charge < -0.3 is 16.0 Å². The fourth-order valence-corrected chi connectivity index (χ4v) is 3.46. The topological polar surface area (TPSA) is 58.4 Å². The Morgan fingerprint density at radius 1 is 1.30 bits per heavy atom. The molecule has 2 aliphatic rings. The summed E-state index contributed by atoms with van der Waals surface area (Å²) in [6, 6.07) is 6.02. The first-order valence-electron chi connectivity index (χ1n) is 7.18. The average Bonchev–Trinajstić information content (AvgIpc) is 2.44. The van der Waals surface area contributed by atoms with Gasteiger partial charge in [-0.25, -0.2) is 0 Å². The molecule has 1 saturated heterocycles. The number of halogens is 1. The third-order valence-electron chi connectivity index (χ3n) is 4.30. The molecule has 1 heterocycles. The van der Waals surface area contributed by atoms with Gasteiger partial charge in [-0.3, -0.25) is 4.79 Å². The van der Waals surface area contributed by atoms with Crippen LogP contribution in [0.15, 0.2) is 18.2 Å². The van der Waals surface area contributed by atoms with Crippen LogP contribution in [-0.2, 0) is 0 Å². The second-order valence-electron chi connectivity index (χ2n) is 5.64. The molecule has 4 nitrogen and oxygen atoms in total. The first-order valence-corrected chi connectivity index (χ1v) is 7.62. The summed E-state index contributed by atoms with van der Waals surface area (Å²) in [5.74, 6) is 0.0350. The number of nitrogens with one attached hydrogen (secondary N) is 1. The van der Waals surface area contributed by atoms with Gasteiger partial charge in [0.15, 0.2) is 0 Å². The molecule has 0 bridgehead atoms. The summed E-state index contributed by atoms with van der Waals surface area (Å²) < 4.78 is 0. The van der Waals surface area contributed by atoms with Crippen molar-refractivity contribution in [2.45, 2.75) is 24.1 Å². The highest BCUT2D eigenvalue weighted by molar-refractivity contribution is 6.21. The molecule has 1 saturated carbocycles. The van der Waals surface area contributed by atoms with E-state index in [1.807, 2.05) is 12.1 Å². The Balaban J connectivity index is 1.89. The fourth-order valence-electron chi connectivity index (χ4n) is 3.03. The predicted octanol–water partition coefficient (Wildman–Crippen LogP) is 1.68. The maximum Gasteiger partial charge on any atom is 0.248 e. The first-order chi connectivity index (χ1) is 9.65. The molecule has 0 unspecified atom stereocenters. The lowest BCUT2D eigenvalue weighted by Crippen LogP contribution is -2.43. The number of nitrogens with two attached hydrogens (primary N) is 1. The van der Waals surface area contributed by atoms with E-state index in [-0.39, 0.29) is 11.3 Å². The van der Waals surface area contributed by atoms with E-state index in [2.05, 4.69) is 16.3 Å². The maximum atomic E-state index is 11.6. The molecule has 0 spiro atoms. The fraction of sp³-hybridized carbons (Fsp3) is 0.533. The lowest BCUT2D eigenvalue weighted by atomic mass is 9.77. The Morgan fingerprint density at radius 2 is 2.00 bits per heavy atom. The molecule has 5 heteroatoms. The van der Waals surface area contributed by atoms with Crippen LogP contribution in [0.3, 0.4) is 0 Å². The molecule has 108 valence electrons. The van der Waals surface area contributed by atoms with E-state index in [1.54, 1.807) is 0 Å². The van der Waals surface area contributed by atoms with Crippen LogP contribution >= 0.6 is 11.6 Å². The Bertz CT molecular complexity index is 508. The molecule has 0 aromatic heterocycles. The Hall–Kier alpha value is -1.26. The number of nitrogens with zero attached hydrogens (tertiary/aromatic N) is 1. The minimum atomic E-state index is -0.343. The van der Waals surface area contributed by atoms with Crippen molar-refractivity contribution in [3.8, 4) is 0 Å². The van der Waals surface area contributed by atoms with Gasteiger partial charge in [-0.1, -0.05) is 0 Å². The van der Waals surface area contributed by atoms with Gasteiger partial charge in [0.25, 0.3) is 0 Å². The van der Waals surface area contributed by atoms with Crippen LogP contribution in [0.4, 0.5) is 5.69 Å². The first kappa shape index (κ1) is 13.7. The van der Waals surface area contributed by atoms with Gasteiger partial charge in [-0.05, 0) is 42.5 Å². The second-order valence-corrected chi connectivity index (χ2v) is 6.26. The predicted molar refractivity (Wildman–Crippen MR) is 81.7 cm³/mol. The highest BCUT2D eigenvalue weighted by Gasteiger charge is 2.31. The summed E-state index contributed by atoms with van der Waals surface area (Å²) in [4.78, 5) is 13.9. The van der Waals surface area contributed by atoms with Crippen molar-refractivity contribution in [3.05, 3.63) is 29.3 Å². The lowest BCUT2D eigenvalue weighted by Gasteiger charge is -2.34. The zero-order chi connectivity index (χ0) is 14.1. The number of primary amides is 1. The van der Waals surface area contributed by atoms with E-state index in [9.17, 15) is 4.79 Å². The second kappa shape index (κ2) is 5.62. The van der Waals surface area contributed by atoms with Crippen LogP contribution in [0.5, 0.6) is 0 Å². The Labute approximate surface area is 124 Å². The van der Waals surface area contributed by atoms with E-state index >= 15 is 0 Å². The molecule has 20 heavy (non-hydrogen) atoms. The number of amides is 1. The number of benzene rings is 1. The van der Waals surface area contributed by atoms with Gasteiger partial charge in [0.05, 0.1) is 0 Å². The number of alkyl halides is 1. The molecule has 0 atom stereocenters.